The van der Waals surface area contributed by atoms with Crippen LogP contribution < -0.4 is 5.32 Å². The second kappa shape index (κ2) is 5.76. The smallest absolute Gasteiger partial charge is 0.317 e. The Balaban J connectivity index is 2.57. The number of nitrogens with one attached hydrogen (secondary N) is 1. The van der Waals surface area contributed by atoms with E-state index in [9.17, 15) is 4.79 Å². The first-order chi connectivity index (χ1) is 7.63. The van der Waals surface area contributed by atoms with Gasteiger partial charge in [-0.2, -0.15) is 5.26 Å². The molecule has 84 valence electrons. The molecule has 0 unspecified atom stereocenters. The average Bonchev–Trinajstić information content (AvgIpc) is 2.29. The third-order valence-electron chi connectivity index (χ3n) is 2.14. The van der Waals surface area contributed by atoms with Crippen LogP contribution >= 0.6 is 0 Å². The number of carbonyl (C=O) groups excluding carboxylic acids is 1. The number of amides is 2. The molecule has 0 spiro atoms. The monoisotopic (exact) mass is 217 g/mol. The number of nitrogens with zero attached hydrogens (tertiary/aromatic N) is 2. The largest absolute Gasteiger partial charge is 0.331 e. The van der Waals surface area contributed by atoms with Gasteiger partial charge in [-0.25, -0.2) is 4.79 Å². The Kier molecular flexibility index (Phi) is 4.34. The molecular formula is C12H15N3O. The number of urea groups is 1. The van der Waals surface area contributed by atoms with E-state index in [1.165, 1.54) is 4.90 Å². The minimum Gasteiger partial charge on any atom is -0.331 e. The van der Waals surface area contributed by atoms with Gasteiger partial charge in [0, 0.05) is 20.5 Å². The van der Waals surface area contributed by atoms with Crippen molar-refractivity contribution in [2.24, 2.45) is 0 Å². The molecule has 1 atom stereocenters. The molecule has 0 aromatic heterocycles. The van der Waals surface area contributed by atoms with Gasteiger partial charge in [0.1, 0.15) is 6.04 Å². The van der Waals surface area contributed by atoms with Crippen LogP contribution in [-0.2, 0) is 6.42 Å². The quantitative estimate of drug-likeness (QED) is 0.831. The van der Waals surface area contributed by atoms with Crippen molar-refractivity contribution in [3.63, 3.8) is 0 Å². The number of hydrogen-bond donors (Lipinski definition) is 1. The lowest BCUT2D eigenvalue weighted by Gasteiger charge is -2.16. The molecule has 0 radical (unpaired) electrons. The van der Waals surface area contributed by atoms with Gasteiger partial charge in [-0.1, -0.05) is 30.3 Å². The van der Waals surface area contributed by atoms with Crippen LogP contribution in [0, 0.1) is 11.3 Å². The molecule has 0 aliphatic heterocycles. The van der Waals surface area contributed by atoms with Crippen molar-refractivity contribution in [1.29, 1.82) is 5.26 Å². The first-order valence-corrected chi connectivity index (χ1v) is 5.05. The SMILES string of the molecule is CN(C)C(=O)N[C@H](C#N)Cc1ccccc1. The normalized spacial score (nSPS) is 11.3. The van der Waals surface area contributed by atoms with Gasteiger partial charge in [0.15, 0.2) is 0 Å². The molecule has 0 heterocycles. The zero-order chi connectivity index (χ0) is 12.0. The molecule has 0 aliphatic carbocycles. The van der Waals surface area contributed by atoms with E-state index in [4.69, 9.17) is 5.26 Å². The Morgan fingerprint density at radius 2 is 2.06 bits per heavy atom. The number of benzene rings is 1. The van der Waals surface area contributed by atoms with Crippen LogP contribution in [0.1, 0.15) is 5.56 Å². The summed E-state index contributed by atoms with van der Waals surface area (Å²) in [4.78, 5) is 12.8. The van der Waals surface area contributed by atoms with Crippen LogP contribution in [0.5, 0.6) is 0 Å². The average molecular weight is 217 g/mol. The lowest BCUT2D eigenvalue weighted by Crippen LogP contribution is -2.41. The van der Waals surface area contributed by atoms with Crippen molar-refractivity contribution in [1.82, 2.24) is 10.2 Å². The predicted molar refractivity (Wildman–Crippen MR) is 61.8 cm³/mol. The van der Waals surface area contributed by atoms with E-state index in [0.29, 0.717) is 6.42 Å². The first kappa shape index (κ1) is 12.1. The van der Waals surface area contributed by atoms with Gasteiger partial charge in [-0.3, -0.25) is 0 Å². The lowest BCUT2D eigenvalue weighted by atomic mass is 10.1. The second-order valence-corrected chi connectivity index (χ2v) is 3.72. The highest BCUT2D eigenvalue weighted by molar-refractivity contribution is 5.74. The summed E-state index contributed by atoms with van der Waals surface area (Å²) in [6.07, 6.45) is 0.525. The Bertz CT molecular complexity index is 381. The first-order valence-electron chi connectivity index (χ1n) is 5.05. The zero-order valence-corrected chi connectivity index (χ0v) is 9.47. The maximum atomic E-state index is 11.4. The molecule has 0 saturated carbocycles. The van der Waals surface area contributed by atoms with E-state index in [-0.39, 0.29) is 6.03 Å². The van der Waals surface area contributed by atoms with Gasteiger partial charge in [0.2, 0.25) is 0 Å². The predicted octanol–water partition coefficient (Wildman–Crippen LogP) is 1.39. The third kappa shape index (κ3) is 3.62. The van der Waals surface area contributed by atoms with Crippen LogP contribution in [0.15, 0.2) is 30.3 Å². The lowest BCUT2D eigenvalue weighted by molar-refractivity contribution is 0.215. The highest BCUT2D eigenvalue weighted by Gasteiger charge is 2.12. The van der Waals surface area contributed by atoms with Crippen LogP contribution in [0.25, 0.3) is 0 Å². The van der Waals surface area contributed by atoms with E-state index in [1.807, 2.05) is 30.3 Å². The number of rotatable bonds is 3. The van der Waals surface area contributed by atoms with Crippen molar-refractivity contribution in [2.45, 2.75) is 12.5 Å². The molecule has 1 aromatic rings. The number of nitriles is 1. The van der Waals surface area contributed by atoms with Gasteiger partial charge >= 0.3 is 6.03 Å². The minimum absolute atomic E-state index is 0.248. The maximum Gasteiger partial charge on any atom is 0.317 e. The van der Waals surface area contributed by atoms with Gasteiger partial charge in [0.05, 0.1) is 6.07 Å². The molecule has 16 heavy (non-hydrogen) atoms. The topological polar surface area (TPSA) is 56.1 Å². The molecule has 0 saturated heterocycles. The fraction of sp³-hybridized carbons (Fsp3) is 0.333. The molecule has 1 N–H and O–H groups in total. The summed E-state index contributed by atoms with van der Waals surface area (Å²) >= 11 is 0. The second-order valence-electron chi connectivity index (χ2n) is 3.72. The van der Waals surface area contributed by atoms with Crippen molar-refractivity contribution in [2.75, 3.05) is 14.1 Å². The molecule has 4 nitrogen and oxygen atoms in total. The fourth-order valence-electron chi connectivity index (χ4n) is 1.26. The minimum atomic E-state index is -0.489. The van der Waals surface area contributed by atoms with E-state index in [0.717, 1.165) is 5.56 Å². The third-order valence-corrected chi connectivity index (χ3v) is 2.14. The van der Waals surface area contributed by atoms with Gasteiger partial charge in [-0.15, -0.1) is 0 Å². The summed E-state index contributed by atoms with van der Waals surface area (Å²) in [6.45, 7) is 0. The summed E-state index contributed by atoms with van der Waals surface area (Å²) < 4.78 is 0. The Labute approximate surface area is 95.5 Å². The Hall–Kier alpha value is -2.02. The van der Waals surface area contributed by atoms with Crippen molar-refractivity contribution in [3.8, 4) is 6.07 Å². The summed E-state index contributed by atoms with van der Waals surface area (Å²) in [7, 11) is 3.29. The summed E-state index contributed by atoms with van der Waals surface area (Å²) in [5.41, 5.74) is 1.04. The van der Waals surface area contributed by atoms with Crippen LogP contribution in [0.3, 0.4) is 0 Å². The standard InChI is InChI=1S/C12H15N3O/c1-15(2)12(16)14-11(9-13)8-10-6-4-3-5-7-10/h3-7,11H,8H2,1-2H3,(H,14,16)/t11-/m0/s1. The van der Waals surface area contributed by atoms with Crippen LogP contribution in [0.4, 0.5) is 4.79 Å². The zero-order valence-electron chi connectivity index (χ0n) is 9.47. The van der Waals surface area contributed by atoms with Crippen molar-refractivity contribution >= 4 is 6.03 Å². The van der Waals surface area contributed by atoms with Gasteiger partial charge < -0.3 is 10.2 Å². The number of carbonyl (C=O) groups is 1. The van der Waals surface area contributed by atoms with E-state index in [2.05, 4.69) is 11.4 Å². The summed E-state index contributed by atoms with van der Waals surface area (Å²) in [5, 5.41) is 11.6. The Morgan fingerprint density at radius 3 is 2.56 bits per heavy atom. The molecule has 1 aromatic carbocycles. The molecular weight excluding hydrogens is 202 g/mol. The molecule has 4 heteroatoms. The van der Waals surface area contributed by atoms with E-state index >= 15 is 0 Å². The molecule has 0 fully saturated rings. The van der Waals surface area contributed by atoms with Crippen LogP contribution in [-0.4, -0.2) is 31.1 Å². The fourth-order valence-corrected chi connectivity index (χ4v) is 1.26. The molecule has 2 amide bonds. The van der Waals surface area contributed by atoms with E-state index in [1.54, 1.807) is 14.1 Å². The molecule has 1 rings (SSSR count). The molecule has 0 bridgehead atoms. The highest BCUT2D eigenvalue weighted by Crippen LogP contribution is 2.02. The van der Waals surface area contributed by atoms with Crippen molar-refractivity contribution < 1.29 is 4.79 Å². The highest BCUT2D eigenvalue weighted by atomic mass is 16.2. The summed E-state index contributed by atoms with van der Waals surface area (Å²) in [6, 6.07) is 11.0. The summed E-state index contributed by atoms with van der Waals surface area (Å²) in [5.74, 6) is 0. The molecule has 0 aliphatic rings. The van der Waals surface area contributed by atoms with E-state index < -0.39 is 6.04 Å². The van der Waals surface area contributed by atoms with Gasteiger partial charge in [0.25, 0.3) is 0 Å². The Morgan fingerprint density at radius 1 is 1.44 bits per heavy atom. The van der Waals surface area contributed by atoms with Gasteiger partial charge in [-0.05, 0) is 5.56 Å². The van der Waals surface area contributed by atoms with Crippen LogP contribution in [0.2, 0.25) is 0 Å². The maximum absolute atomic E-state index is 11.4. The van der Waals surface area contributed by atoms with Crippen molar-refractivity contribution in [3.05, 3.63) is 35.9 Å². The number of hydrogen-bond acceptors (Lipinski definition) is 2.